The largest absolute Gasteiger partial charge is 0.334 e. The Kier molecular flexibility index (Phi) is 5.11. The Bertz CT molecular complexity index is 694. The van der Waals surface area contributed by atoms with E-state index in [-0.39, 0.29) is 17.9 Å². The molecule has 5 nitrogen and oxygen atoms in total. The molecule has 124 valence electrons. The highest BCUT2D eigenvalue weighted by atomic mass is 16.2. The Balaban J connectivity index is 1.40. The van der Waals surface area contributed by atoms with Crippen LogP contribution >= 0.6 is 0 Å². The summed E-state index contributed by atoms with van der Waals surface area (Å²) < 4.78 is 0. The fourth-order valence-corrected chi connectivity index (χ4v) is 2.32. The second-order valence-electron chi connectivity index (χ2n) is 5.98. The van der Waals surface area contributed by atoms with E-state index in [1.807, 2.05) is 54.6 Å². The first-order chi connectivity index (χ1) is 11.7. The maximum Gasteiger partial charge on any atom is 0.315 e. The first-order valence-corrected chi connectivity index (χ1v) is 8.16. The second-order valence-corrected chi connectivity index (χ2v) is 5.98. The van der Waals surface area contributed by atoms with Gasteiger partial charge in [0.05, 0.1) is 0 Å². The van der Waals surface area contributed by atoms with Gasteiger partial charge in [0, 0.05) is 24.7 Å². The van der Waals surface area contributed by atoms with E-state index in [0.29, 0.717) is 13.1 Å². The predicted octanol–water partition coefficient (Wildman–Crippen LogP) is 3.03. The molecule has 0 atom stereocenters. The van der Waals surface area contributed by atoms with Crippen molar-refractivity contribution in [3.63, 3.8) is 0 Å². The number of hydrogen-bond acceptors (Lipinski definition) is 2. The Morgan fingerprint density at radius 3 is 2.00 bits per heavy atom. The molecular weight excluding hydrogens is 302 g/mol. The summed E-state index contributed by atoms with van der Waals surface area (Å²) in [7, 11) is 0. The van der Waals surface area contributed by atoms with Gasteiger partial charge in [-0.05, 0) is 36.1 Å². The van der Waals surface area contributed by atoms with Crippen LogP contribution in [0.5, 0.6) is 0 Å². The van der Waals surface area contributed by atoms with Crippen LogP contribution in [0.4, 0.5) is 10.5 Å². The fraction of sp³-hybridized carbons (Fsp3) is 0.263. The first-order valence-electron chi connectivity index (χ1n) is 8.16. The fourth-order valence-electron chi connectivity index (χ4n) is 2.32. The molecule has 3 rings (SSSR count). The summed E-state index contributed by atoms with van der Waals surface area (Å²) in [6.45, 7) is 0.941. The summed E-state index contributed by atoms with van der Waals surface area (Å²) in [5, 5.41) is 8.54. The highest BCUT2D eigenvalue weighted by molar-refractivity contribution is 5.94. The van der Waals surface area contributed by atoms with Gasteiger partial charge in [-0.1, -0.05) is 42.5 Å². The van der Waals surface area contributed by atoms with E-state index in [0.717, 1.165) is 29.7 Å². The average molecular weight is 323 g/mol. The molecule has 0 radical (unpaired) electrons. The molecule has 0 heterocycles. The van der Waals surface area contributed by atoms with Crippen LogP contribution in [0.25, 0.3) is 0 Å². The zero-order valence-corrected chi connectivity index (χ0v) is 13.4. The van der Waals surface area contributed by atoms with Gasteiger partial charge in [0.2, 0.25) is 5.91 Å². The number of hydrogen-bond donors (Lipinski definition) is 3. The lowest BCUT2D eigenvalue weighted by Crippen LogP contribution is -2.34. The Hall–Kier alpha value is -2.82. The van der Waals surface area contributed by atoms with Crippen molar-refractivity contribution in [1.82, 2.24) is 10.6 Å². The third-order valence-electron chi connectivity index (χ3n) is 3.92. The van der Waals surface area contributed by atoms with Gasteiger partial charge in [-0.2, -0.15) is 0 Å². The SMILES string of the molecule is O=C(NCc1ccccc1)NCc1ccc(NC(=O)C2CC2)cc1. The van der Waals surface area contributed by atoms with Crippen LogP contribution in [0.15, 0.2) is 54.6 Å². The van der Waals surface area contributed by atoms with E-state index >= 15 is 0 Å². The Morgan fingerprint density at radius 2 is 1.42 bits per heavy atom. The van der Waals surface area contributed by atoms with Crippen LogP contribution in [-0.4, -0.2) is 11.9 Å². The highest BCUT2D eigenvalue weighted by Gasteiger charge is 2.29. The number of anilines is 1. The minimum Gasteiger partial charge on any atom is -0.334 e. The van der Waals surface area contributed by atoms with Crippen LogP contribution in [0, 0.1) is 5.92 Å². The summed E-state index contributed by atoms with van der Waals surface area (Å²) in [5.74, 6) is 0.292. The molecule has 0 unspecified atom stereocenters. The van der Waals surface area contributed by atoms with Gasteiger partial charge in [-0.15, -0.1) is 0 Å². The normalized spacial score (nSPS) is 13.2. The summed E-state index contributed by atoms with van der Waals surface area (Å²) in [6, 6.07) is 17.1. The molecule has 1 aliphatic carbocycles. The van der Waals surface area contributed by atoms with E-state index in [1.54, 1.807) is 0 Å². The van der Waals surface area contributed by atoms with Crippen molar-refractivity contribution in [2.45, 2.75) is 25.9 Å². The van der Waals surface area contributed by atoms with Crippen LogP contribution in [0.1, 0.15) is 24.0 Å². The van der Waals surface area contributed by atoms with Gasteiger partial charge in [0.15, 0.2) is 0 Å². The molecule has 0 saturated heterocycles. The topological polar surface area (TPSA) is 70.2 Å². The van der Waals surface area contributed by atoms with Gasteiger partial charge < -0.3 is 16.0 Å². The smallest absolute Gasteiger partial charge is 0.315 e. The molecule has 0 aliphatic heterocycles. The van der Waals surface area contributed by atoms with Crippen molar-refractivity contribution in [1.29, 1.82) is 0 Å². The molecular formula is C19H21N3O2. The zero-order valence-electron chi connectivity index (χ0n) is 13.4. The van der Waals surface area contributed by atoms with E-state index < -0.39 is 0 Å². The number of carbonyl (C=O) groups is 2. The van der Waals surface area contributed by atoms with Crippen LogP contribution in [0.2, 0.25) is 0 Å². The van der Waals surface area contributed by atoms with Crippen LogP contribution in [0.3, 0.4) is 0 Å². The molecule has 0 aromatic heterocycles. The van der Waals surface area contributed by atoms with Crippen molar-refractivity contribution >= 4 is 17.6 Å². The van der Waals surface area contributed by atoms with E-state index in [1.165, 1.54) is 0 Å². The minimum absolute atomic E-state index is 0.0983. The third kappa shape index (κ3) is 4.84. The Morgan fingerprint density at radius 1 is 0.833 bits per heavy atom. The van der Waals surface area contributed by atoms with Crippen molar-refractivity contribution < 1.29 is 9.59 Å². The van der Waals surface area contributed by atoms with E-state index in [9.17, 15) is 9.59 Å². The maximum absolute atomic E-state index is 11.8. The average Bonchev–Trinajstić information content (AvgIpc) is 3.45. The summed E-state index contributed by atoms with van der Waals surface area (Å²) >= 11 is 0. The lowest BCUT2D eigenvalue weighted by Gasteiger charge is -2.09. The summed E-state index contributed by atoms with van der Waals surface area (Å²) in [6.07, 6.45) is 1.98. The summed E-state index contributed by atoms with van der Waals surface area (Å²) in [4.78, 5) is 23.5. The zero-order chi connectivity index (χ0) is 16.8. The first kappa shape index (κ1) is 16.1. The van der Waals surface area contributed by atoms with Crippen LogP contribution < -0.4 is 16.0 Å². The van der Waals surface area contributed by atoms with E-state index in [2.05, 4.69) is 16.0 Å². The molecule has 24 heavy (non-hydrogen) atoms. The molecule has 0 spiro atoms. The molecule has 3 amide bonds. The highest BCUT2D eigenvalue weighted by Crippen LogP contribution is 2.30. The number of benzene rings is 2. The molecule has 3 N–H and O–H groups in total. The quantitative estimate of drug-likeness (QED) is 0.765. The molecule has 1 fully saturated rings. The number of rotatable bonds is 6. The molecule has 1 saturated carbocycles. The Labute approximate surface area is 141 Å². The second kappa shape index (κ2) is 7.64. The van der Waals surface area contributed by atoms with Crippen molar-refractivity contribution in [2.75, 3.05) is 5.32 Å². The standard InChI is InChI=1S/C19H21N3O2/c23-18(16-8-9-16)22-17-10-6-15(7-11-17)13-21-19(24)20-12-14-4-2-1-3-5-14/h1-7,10-11,16H,8-9,12-13H2,(H,22,23)(H2,20,21,24). The summed E-state index contributed by atoms with van der Waals surface area (Å²) in [5.41, 5.74) is 2.84. The molecule has 0 bridgehead atoms. The minimum atomic E-state index is -0.204. The molecule has 2 aromatic carbocycles. The monoisotopic (exact) mass is 323 g/mol. The lowest BCUT2D eigenvalue weighted by atomic mass is 10.2. The third-order valence-corrected chi connectivity index (χ3v) is 3.92. The van der Waals surface area contributed by atoms with Gasteiger partial charge >= 0.3 is 6.03 Å². The van der Waals surface area contributed by atoms with Gasteiger partial charge in [0.25, 0.3) is 0 Å². The van der Waals surface area contributed by atoms with Crippen LogP contribution in [-0.2, 0) is 17.9 Å². The molecule has 1 aliphatic rings. The number of nitrogens with one attached hydrogen (secondary N) is 3. The van der Waals surface area contributed by atoms with Gasteiger partial charge in [0.1, 0.15) is 0 Å². The van der Waals surface area contributed by atoms with Gasteiger partial charge in [-0.25, -0.2) is 4.79 Å². The predicted molar refractivity (Wildman–Crippen MR) is 93.3 cm³/mol. The number of amides is 3. The van der Waals surface area contributed by atoms with Gasteiger partial charge in [-0.3, -0.25) is 4.79 Å². The molecule has 5 heteroatoms. The number of carbonyl (C=O) groups excluding carboxylic acids is 2. The van der Waals surface area contributed by atoms with E-state index in [4.69, 9.17) is 0 Å². The van der Waals surface area contributed by atoms with Crippen molar-refractivity contribution in [3.8, 4) is 0 Å². The number of urea groups is 1. The van der Waals surface area contributed by atoms with Crippen molar-refractivity contribution in [3.05, 3.63) is 65.7 Å². The van der Waals surface area contributed by atoms with Crippen molar-refractivity contribution in [2.24, 2.45) is 5.92 Å². The molecule has 2 aromatic rings. The lowest BCUT2D eigenvalue weighted by molar-refractivity contribution is -0.117. The maximum atomic E-state index is 11.8.